The molecule has 2 rings (SSSR count). The number of nitrogens with one attached hydrogen (secondary N) is 2. The summed E-state index contributed by atoms with van der Waals surface area (Å²) in [6.45, 7) is 5.63. The molecule has 1 aliphatic heterocycles. The quantitative estimate of drug-likeness (QED) is 0.767. The number of hydrogen-bond donors (Lipinski definition) is 3. The lowest BCUT2D eigenvalue weighted by atomic mass is 10.2. The molecule has 1 aromatic rings. The van der Waals surface area contributed by atoms with E-state index in [0.717, 1.165) is 24.3 Å². The maximum Gasteiger partial charge on any atom is 0.319 e. The van der Waals surface area contributed by atoms with Gasteiger partial charge in [0.1, 0.15) is 0 Å². The molecule has 1 saturated heterocycles. The summed E-state index contributed by atoms with van der Waals surface area (Å²) in [4.78, 5) is 14.2. The van der Waals surface area contributed by atoms with Gasteiger partial charge in [-0.2, -0.15) is 0 Å². The maximum atomic E-state index is 11.8. The van der Waals surface area contributed by atoms with Gasteiger partial charge in [-0.3, -0.25) is 4.90 Å². The molecule has 0 spiro atoms. The summed E-state index contributed by atoms with van der Waals surface area (Å²) in [6.07, 6.45) is 2.54. The summed E-state index contributed by atoms with van der Waals surface area (Å²) in [5, 5.41) is 5.75. The molecule has 1 aromatic carbocycles. The fourth-order valence-electron chi connectivity index (χ4n) is 2.45. The van der Waals surface area contributed by atoms with Crippen molar-refractivity contribution in [2.45, 2.75) is 32.4 Å². The van der Waals surface area contributed by atoms with Gasteiger partial charge in [-0.15, -0.1) is 0 Å². The zero-order valence-electron chi connectivity index (χ0n) is 12.1. The largest absolute Gasteiger partial charge is 0.336 e. The van der Waals surface area contributed by atoms with Crippen LogP contribution in [0.3, 0.4) is 0 Å². The minimum Gasteiger partial charge on any atom is -0.336 e. The molecule has 1 unspecified atom stereocenters. The number of carbonyl (C=O) groups excluding carboxylic acids is 1. The highest BCUT2D eigenvalue weighted by Gasteiger charge is 2.18. The third-order valence-corrected chi connectivity index (χ3v) is 3.77. The average Bonchev–Trinajstić information content (AvgIpc) is 3.00. The first kappa shape index (κ1) is 14.8. The molecule has 2 amide bonds. The van der Waals surface area contributed by atoms with Crippen molar-refractivity contribution in [2.75, 3.05) is 25.0 Å². The summed E-state index contributed by atoms with van der Waals surface area (Å²) in [7, 11) is 0. The van der Waals surface area contributed by atoms with Crippen molar-refractivity contribution in [3.63, 3.8) is 0 Å². The van der Waals surface area contributed by atoms with Gasteiger partial charge in [0.2, 0.25) is 0 Å². The lowest BCUT2D eigenvalue weighted by Crippen LogP contribution is -2.42. The van der Waals surface area contributed by atoms with Crippen LogP contribution < -0.4 is 16.4 Å². The Kier molecular flexibility index (Phi) is 5.38. The number of nitrogens with two attached hydrogens (primary N) is 1. The number of anilines is 1. The summed E-state index contributed by atoms with van der Waals surface area (Å²) in [5.74, 6) is 0. The number of benzene rings is 1. The number of urea groups is 1. The lowest BCUT2D eigenvalue weighted by molar-refractivity contribution is 0.234. The van der Waals surface area contributed by atoms with Crippen LogP contribution in [0, 0.1) is 0 Å². The Morgan fingerprint density at radius 3 is 2.55 bits per heavy atom. The van der Waals surface area contributed by atoms with E-state index in [1.165, 1.54) is 12.8 Å². The van der Waals surface area contributed by atoms with Crippen LogP contribution in [-0.4, -0.2) is 36.6 Å². The lowest BCUT2D eigenvalue weighted by Gasteiger charge is -2.23. The number of nitrogens with zero attached hydrogens (tertiary/aromatic N) is 1. The summed E-state index contributed by atoms with van der Waals surface area (Å²) in [5.41, 5.74) is 7.38. The van der Waals surface area contributed by atoms with E-state index in [2.05, 4.69) is 22.5 Å². The standard InChI is InChI=1S/C15H24N4O/c1-12(19-8-2-3-9-19)11-17-15(20)18-14-6-4-13(10-16)5-7-14/h4-7,12H,2-3,8-11,16H2,1H3,(H2,17,18,20). The number of likely N-dealkylation sites (tertiary alicyclic amines) is 1. The predicted molar refractivity (Wildman–Crippen MR) is 81.6 cm³/mol. The van der Waals surface area contributed by atoms with Gasteiger partial charge in [0.05, 0.1) is 0 Å². The van der Waals surface area contributed by atoms with Crippen LogP contribution >= 0.6 is 0 Å². The molecule has 110 valence electrons. The predicted octanol–water partition coefficient (Wildman–Crippen LogP) is 1.75. The second-order valence-corrected chi connectivity index (χ2v) is 5.33. The number of amides is 2. The Bertz CT molecular complexity index is 426. The molecule has 5 heteroatoms. The van der Waals surface area contributed by atoms with E-state index >= 15 is 0 Å². The average molecular weight is 276 g/mol. The second-order valence-electron chi connectivity index (χ2n) is 5.33. The molecular formula is C15H24N4O. The van der Waals surface area contributed by atoms with E-state index in [9.17, 15) is 4.79 Å². The van der Waals surface area contributed by atoms with Gasteiger partial charge in [-0.1, -0.05) is 12.1 Å². The van der Waals surface area contributed by atoms with Crippen LogP contribution in [0.2, 0.25) is 0 Å². The van der Waals surface area contributed by atoms with E-state index in [1.54, 1.807) is 0 Å². The molecule has 0 bridgehead atoms. The van der Waals surface area contributed by atoms with E-state index < -0.39 is 0 Å². The molecule has 0 saturated carbocycles. The second kappa shape index (κ2) is 7.26. The van der Waals surface area contributed by atoms with Crippen LogP contribution in [0.4, 0.5) is 10.5 Å². The smallest absolute Gasteiger partial charge is 0.319 e. The Morgan fingerprint density at radius 1 is 1.30 bits per heavy atom. The molecule has 5 nitrogen and oxygen atoms in total. The highest BCUT2D eigenvalue weighted by molar-refractivity contribution is 5.89. The van der Waals surface area contributed by atoms with Gasteiger partial charge in [0.25, 0.3) is 0 Å². The van der Waals surface area contributed by atoms with Crippen LogP contribution in [0.1, 0.15) is 25.3 Å². The van der Waals surface area contributed by atoms with Crippen molar-refractivity contribution in [3.8, 4) is 0 Å². The Hall–Kier alpha value is -1.59. The zero-order valence-corrected chi connectivity index (χ0v) is 12.1. The normalized spacial score (nSPS) is 16.9. The van der Waals surface area contributed by atoms with Crippen molar-refractivity contribution in [2.24, 2.45) is 5.73 Å². The fraction of sp³-hybridized carbons (Fsp3) is 0.533. The first-order valence-electron chi connectivity index (χ1n) is 7.27. The van der Waals surface area contributed by atoms with Gasteiger partial charge >= 0.3 is 6.03 Å². The van der Waals surface area contributed by atoms with E-state index in [0.29, 0.717) is 19.1 Å². The van der Waals surface area contributed by atoms with Crippen LogP contribution in [-0.2, 0) is 6.54 Å². The molecule has 0 radical (unpaired) electrons. The van der Waals surface area contributed by atoms with Gasteiger partial charge < -0.3 is 16.4 Å². The van der Waals surface area contributed by atoms with E-state index in [-0.39, 0.29) is 6.03 Å². The number of carbonyl (C=O) groups is 1. The van der Waals surface area contributed by atoms with Crippen molar-refractivity contribution in [1.82, 2.24) is 10.2 Å². The molecule has 0 aliphatic carbocycles. The minimum absolute atomic E-state index is 0.156. The van der Waals surface area contributed by atoms with E-state index in [1.807, 2.05) is 24.3 Å². The molecule has 1 heterocycles. The third-order valence-electron chi connectivity index (χ3n) is 3.77. The summed E-state index contributed by atoms with van der Waals surface area (Å²) >= 11 is 0. The topological polar surface area (TPSA) is 70.4 Å². The number of hydrogen-bond acceptors (Lipinski definition) is 3. The van der Waals surface area contributed by atoms with Gasteiger partial charge in [0.15, 0.2) is 0 Å². The van der Waals surface area contributed by atoms with E-state index in [4.69, 9.17) is 5.73 Å². The van der Waals surface area contributed by atoms with Crippen molar-refractivity contribution in [1.29, 1.82) is 0 Å². The van der Waals surface area contributed by atoms with Crippen LogP contribution in [0.5, 0.6) is 0 Å². The van der Waals surface area contributed by atoms with Gasteiger partial charge in [0, 0.05) is 24.8 Å². The molecule has 4 N–H and O–H groups in total. The molecule has 1 aliphatic rings. The monoisotopic (exact) mass is 276 g/mol. The molecule has 20 heavy (non-hydrogen) atoms. The highest BCUT2D eigenvalue weighted by Crippen LogP contribution is 2.11. The molecule has 1 atom stereocenters. The third kappa shape index (κ3) is 4.21. The van der Waals surface area contributed by atoms with Crippen molar-refractivity contribution < 1.29 is 4.79 Å². The van der Waals surface area contributed by atoms with Crippen LogP contribution in [0.25, 0.3) is 0 Å². The maximum absolute atomic E-state index is 11.8. The van der Waals surface area contributed by atoms with Crippen molar-refractivity contribution in [3.05, 3.63) is 29.8 Å². The first-order valence-corrected chi connectivity index (χ1v) is 7.27. The summed E-state index contributed by atoms with van der Waals surface area (Å²) < 4.78 is 0. The van der Waals surface area contributed by atoms with Gasteiger partial charge in [-0.25, -0.2) is 4.79 Å². The first-order chi connectivity index (χ1) is 9.69. The number of rotatable bonds is 5. The summed E-state index contributed by atoms with van der Waals surface area (Å²) in [6, 6.07) is 7.81. The zero-order chi connectivity index (χ0) is 14.4. The molecule has 0 aromatic heterocycles. The molecule has 1 fully saturated rings. The minimum atomic E-state index is -0.156. The SMILES string of the molecule is CC(CNC(=O)Nc1ccc(CN)cc1)N1CCCC1. The van der Waals surface area contributed by atoms with Crippen molar-refractivity contribution >= 4 is 11.7 Å². The fourth-order valence-corrected chi connectivity index (χ4v) is 2.45. The highest BCUT2D eigenvalue weighted by atomic mass is 16.2. The Balaban J connectivity index is 1.74. The Morgan fingerprint density at radius 2 is 1.95 bits per heavy atom. The Labute approximate surface area is 120 Å². The van der Waals surface area contributed by atoms with Gasteiger partial charge in [-0.05, 0) is 50.6 Å². The van der Waals surface area contributed by atoms with Crippen LogP contribution in [0.15, 0.2) is 24.3 Å². The molecular weight excluding hydrogens is 252 g/mol.